The topological polar surface area (TPSA) is 196 Å². The van der Waals surface area contributed by atoms with E-state index in [2.05, 4.69) is 10.0 Å². The predicted octanol–water partition coefficient (Wildman–Crippen LogP) is 3.11. The maximum absolute atomic E-state index is 13.6. The number of non-ortho nitro benzene ring substituents is 2. The van der Waals surface area contributed by atoms with E-state index < -0.39 is 61.3 Å². The first-order valence-corrected chi connectivity index (χ1v) is 16.1. The molecule has 5 rings (SSSR count). The van der Waals surface area contributed by atoms with Gasteiger partial charge in [-0.25, -0.2) is 18.3 Å². The molecule has 0 bridgehead atoms. The molecule has 0 saturated carbocycles. The van der Waals surface area contributed by atoms with Gasteiger partial charge < -0.3 is 24.4 Å². The van der Waals surface area contributed by atoms with Crippen molar-refractivity contribution in [3.05, 3.63) is 68.3 Å². The summed E-state index contributed by atoms with van der Waals surface area (Å²) < 4.78 is 70.7. The number of nitrogens with one attached hydrogen (secondary N) is 2. The van der Waals surface area contributed by atoms with Crippen molar-refractivity contribution in [3.8, 4) is 11.5 Å². The van der Waals surface area contributed by atoms with Gasteiger partial charge in [-0.3, -0.25) is 20.2 Å². The van der Waals surface area contributed by atoms with Gasteiger partial charge in [0.05, 0.1) is 46.2 Å². The second-order valence-electron chi connectivity index (χ2n) is 12.0. The van der Waals surface area contributed by atoms with E-state index >= 15 is 0 Å². The number of hydrogen-bond acceptors (Lipinski definition) is 11. The minimum absolute atomic E-state index is 0.0258. The van der Waals surface area contributed by atoms with Crippen LogP contribution in [-0.4, -0.2) is 96.7 Å². The fourth-order valence-corrected chi connectivity index (χ4v) is 6.95. The summed E-state index contributed by atoms with van der Waals surface area (Å²) in [5.41, 5.74) is -1.41. The van der Waals surface area contributed by atoms with Crippen LogP contribution in [0.2, 0.25) is 0 Å². The molecule has 19 heteroatoms. The summed E-state index contributed by atoms with van der Waals surface area (Å²) >= 11 is 0. The first-order valence-electron chi connectivity index (χ1n) is 14.6. The van der Waals surface area contributed by atoms with Crippen molar-refractivity contribution in [2.75, 3.05) is 33.2 Å². The van der Waals surface area contributed by atoms with E-state index in [1.165, 1.54) is 10.4 Å². The number of amides is 1. The van der Waals surface area contributed by atoms with Crippen LogP contribution >= 0.6 is 0 Å². The lowest BCUT2D eigenvalue weighted by molar-refractivity contribution is -0.385. The van der Waals surface area contributed by atoms with Gasteiger partial charge in [-0.05, 0) is 34.2 Å². The minimum atomic E-state index is -3.46. The van der Waals surface area contributed by atoms with Crippen molar-refractivity contribution in [1.82, 2.24) is 19.2 Å². The Morgan fingerprint density at radius 2 is 1.49 bits per heavy atom. The number of hydrogen-bond donors (Lipinski definition) is 2. The van der Waals surface area contributed by atoms with E-state index in [1.807, 2.05) is 0 Å². The molecule has 2 aromatic rings. The summed E-state index contributed by atoms with van der Waals surface area (Å²) in [6.07, 6.45) is -0.382. The van der Waals surface area contributed by atoms with Crippen molar-refractivity contribution >= 4 is 27.7 Å². The predicted molar refractivity (Wildman–Crippen MR) is 162 cm³/mol. The SMILES string of the molecule is CNC[C@@H]1[C@@H](Oc2cc(F)cc([N+](=O)[O-])c2)CCN1C(=O)OC(C)(C)C.O=[N+]([O-])c1cc(F)cc(O[C@H]2CCN3[C@@H]2CNS3(=O)=O)c1. The Labute approximate surface area is 269 Å². The Hall–Kier alpha value is -4.20. The number of carbonyl (C=O) groups excluding carboxylic acids is 1. The Bertz CT molecular complexity index is 1610. The van der Waals surface area contributed by atoms with Crippen LogP contribution in [-0.2, 0) is 14.9 Å². The van der Waals surface area contributed by atoms with Gasteiger partial charge in [-0.2, -0.15) is 12.7 Å². The third-order valence-corrected chi connectivity index (χ3v) is 9.05. The first-order chi connectivity index (χ1) is 22.0. The molecule has 0 radical (unpaired) electrons. The normalized spacial score (nSPS) is 23.4. The molecule has 2 N–H and O–H groups in total. The lowest BCUT2D eigenvalue weighted by Gasteiger charge is -2.30. The van der Waals surface area contributed by atoms with E-state index in [9.17, 15) is 42.2 Å². The number of nitrogens with zero attached hydrogens (tertiary/aromatic N) is 4. The molecule has 3 saturated heterocycles. The van der Waals surface area contributed by atoms with Gasteiger partial charge in [0.15, 0.2) is 0 Å². The van der Waals surface area contributed by atoms with Crippen LogP contribution in [0.25, 0.3) is 0 Å². The van der Waals surface area contributed by atoms with Gasteiger partial charge in [0, 0.05) is 44.7 Å². The molecule has 258 valence electrons. The Morgan fingerprint density at radius 1 is 0.957 bits per heavy atom. The highest BCUT2D eigenvalue weighted by molar-refractivity contribution is 7.87. The first kappa shape index (κ1) is 35.7. The highest BCUT2D eigenvalue weighted by atomic mass is 32.2. The molecule has 0 unspecified atom stereocenters. The zero-order valence-electron chi connectivity index (χ0n) is 26.1. The molecule has 0 spiro atoms. The molecule has 2 aromatic carbocycles. The van der Waals surface area contributed by atoms with Crippen LogP contribution in [0.4, 0.5) is 25.0 Å². The average molecular weight is 687 g/mol. The van der Waals surface area contributed by atoms with Gasteiger partial charge in [-0.15, -0.1) is 0 Å². The number of rotatable bonds is 8. The molecule has 3 aliphatic heterocycles. The molecule has 3 heterocycles. The van der Waals surface area contributed by atoms with E-state index in [0.717, 1.165) is 30.3 Å². The summed E-state index contributed by atoms with van der Waals surface area (Å²) in [6, 6.07) is 5.37. The molecule has 47 heavy (non-hydrogen) atoms. The van der Waals surface area contributed by atoms with Crippen molar-refractivity contribution in [1.29, 1.82) is 0 Å². The minimum Gasteiger partial charge on any atom is -0.488 e. The molecule has 16 nitrogen and oxygen atoms in total. The fraction of sp³-hybridized carbons (Fsp3) is 0.536. The smallest absolute Gasteiger partial charge is 0.410 e. The zero-order valence-corrected chi connectivity index (χ0v) is 26.9. The number of fused-ring (bicyclic) bond motifs is 1. The van der Waals surface area contributed by atoms with Crippen LogP contribution in [0.15, 0.2) is 36.4 Å². The number of ether oxygens (including phenoxy) is 3. The fourth-order valence-electron chi connectivity index (χ4n) is 5.49. The van der Waals surface area contributed by atoms with Crippen LogP contribution in [0.3, 0.4) is 0 Å². The highest BCUT2D eigenvalue weighted by Crippen LogP contribution is 2.31. The van der Waals surface area contributed by atoms with Crippen LogP contribution in [0.1, 0.15) is 33.6 Å². The van der Waals surface area contributed by atoms with E-state index in [4.69, 9.17) is 14.2 Å². The summed E-state index contributed by atoms with van der Waals surface area (Å²) in [6.45, 7) is 6.74. The van der Waals surface area contributed by atoms with Crippen molar-refractivity contribution < 1.29 is 46.1 Å². The molecular weight excluding hydrogens is 650 g/mol. The van der Waals surface area contributed by atoms with E-state index in [-0.39, 0.29) is 35.8 Å². The number of likely N-dealkylation sites (tertiary alicyclic amines) is 1. The highest BCUT2D eigenvalue weighted by Gasteiger charge is 2.47. The molecule has 3 aliphatic rings. The molecule has 4 atom stereocenters. The van der Waals surface area contributed by atoms with Crippen LogP contribution < -0.4 is 19.5 Å². The third kappa shape index (κ3) is 8.99. The zero-order chi connectivity index (χ0) is 34.7. The summed E-state index contributed by atoms with van der Waals surface area (Å²) in [5.74, 6) is -1.43. The third-order valence-electron chi connectivity index (χ3n) is 7.45. The van der Waals surface area contributed by atoms with E-state index in [0.29, 0.717) is 32.5 Å². The molecule has 1 amide bonds. The van der Waals surface area contributed by atoms with Crippen molar-refractivity contribution in [2.45, 2.75) is 63.5 Å². The van der Waals surface area contributed by atoms with Gasteiger partial charge in [0.1, 0.15) is 40.9 Å². The molecule has 0 aromatic heterocycles. The summed E-state index contributed by atoms with van der Waals surface area (Å²) in [7, 11) is -1.71. The van der Waals surface area contributed by atoms with Crippen molar-refractivity contribution in [3.63, 3.8) is 0 Å². The van der Waals surface area contributed by atoms with Gasteiger partial charge in [0.25, 0.3) is 21.6 Å². The number of benzene rings is 2. The maximum atomic E-state index is 13.6. The number of nitro benzene ring substituents is 2. The lowest BCUT2D eigenvalue weighted by atomic mass is 10.1. The van der Waals surface area contributed by atoms with Gasteiger partial charge in [-0.1, -0.05) is 0 Å². The second-order valence-corrected chi connectivity index (χ2v) is 13.7. The number of carbonyl (C=O) groups is 1. The van der Waals surface area contributed by atoms with Gasteiger partial charge in [0.2, 0.25) is 0 Å². The van der Waals surface area contributed by atoms with Crippen molar-refractivity contribution in [2.24, 2.45) is 0 Å². The Balaban J connectivity index is 0.000000217. The Morgan fingerprint density at radius 3 is 2.00 bits per heavy atom. The standard InChI is InChI=1S/C17H24FN3O5.C11H12FN3O5S/c1-17(2,3)26-16(22)20-6-5-15(14(20)10-19-4)25-13-8-11(18)7-12(9-13)21(23)24;12-7-3-8(15(16)17)5-9(4-7)20-11-1-2-14-10(11)6-13-21(14,18)19/h7-9,14-15,19H,5-6,10H2,1-4H3;3-5,10-11,13H,1-2,6H2/t14-,15+;10-,11+/m11/s1. The number of nitro groups is 2. The summed E-state index contributed by atoms with van der Waals surface area (Å²) in [4.78, 5) is 34.2. The second kappa shape index (κ2) is 14.3. The molecule has 0 aliphatic carbocycles. The molecule has 3 fully saturated rings. The molecular formula is C28H36F2N6O10S. The van der Waals surface area contributed by atoms with Crippen LogP contribution in [0, 0.1) is 31.9 Å². The lowest BCUT2D eigenvalue weighted by Crippen LogP contribution is -2.48. The Kier molecular flexibility index (Phi) is 10.8. The van der Waals surface area contributed by atoms with E-state index in [1.54, 1.807) is 32.7 Å². The summed E-state index contributed by atoms with van der Waals surface area (Å²) in [5, 5.41) is 24.6. The quantitative estimate of drug-likeness (QED) is 0.306. The average Bonchev–Trinajstić information content (AvgIpc) is 3.63. The largest absolute Gasteiger partial charge is 0.488 e. The number of likely N-dealkylation sites (N-methyl/N-ethyl adjacent to an activating group) is 1. The van der Waals surface area contributed by atoms with Gasteiger partial charge >= 0.3 is 6.09 Å². The monoisotopic (exact) mass is 686 g/mol. The van der Waals surface area contributed by atoms with Crippen LogP contribution in [0.5, 0.6) is 11.5 Å². The maximum Gasteiger partial charge on any atom is 0.410 e. The number of halogens is 2.